The molecule has 1 aliphatic heterocycles. The van der Waals surface area contributed by atoms with Crippen LogP contribution in [0.25, 0.3) is 0 Å². The molecule has 0 fully saturated rings. The molecular formula is C23H20N4O5. The first kappa shape index (κ1) is 20.9. The van der Waals surface area contributed by atoms with Gasteiger partial charge in [0.05, 0.1) is 19.2 Å². The average Bonchev–Trinajstić information content (AvgIpc) is 3.30. The number of ether oxygens (including phenoxy) is 3. The number of rotatable bonds is 5. The van der Waals surface area contributed by atoms with Gasteiger partial charge in [0.2, 0.25) is 12.8 Å². The number of methoxy groups -OCH3 is 1. The first-order valence-electron chi connectivity index (χ1n) is 9.72. The molecule has 2 aromatic carbocycles. The van der Waals surface area contributed by atoms with E-state index in [0.717, 1.165) is 5.56 Å². The molecule has 0 spiro atoms. The molecule has 1 aliphatic rings. The number of pyridine rings is 1. The molecule has 3 aromatic rings. The van der Waals surface area contributed by atoms with Crippen molar-refractivity contribution in [2.45, 2.75) is 6.54 Å². The van der Waals surface area contributed by atoms with E-state index in [9.17, 15) is 9.59 Å². The minimum Gasteiger partial charge on any atom is -0.465 e. The summed E-state index contributed by atoms with van der Waals surface area (Å²) >= 11 is 0. The molecule has 0 atom stereocenters. The molecule has 0 saturated carbocycles. The second-order valence-electron chi connectivity index (χ2n) is 6.74. The number of hydrogen-bond acceptors (Lipinski definition) is 7. The normalized spacial score (nSPS) is 12.2. The monoisotopic (exact) mass is 432 g/mol. The molecule has 32 heavy (non-hydrogen) atoms. The largest absolute Gasteiger partial charge is 0.465 e. The highest BCUT2D eigenvalue weighted by atomic mass is 16.7. The van der Waals surface area contributed by atoms with Crippen LogP contribution in [0.5, 0.6) is 11.5 Å². The van der Waals surface area contributed by atoms with Crippen molar-refractivity contribution >= 4 is 23.5 Å². The summed E-state index contributed by atoms with van der Waals surface area (Å²) in [4.78, 5) is 33.0. The Morgan fingerprint density at radius 2 is 1.84 bits per heavy atom. The van der Waals surface area contributed by atoms with E-state index in [4.69, 9.17) is 9.47 Å². The third-order valence-corrected chi connectivity index (χ3v) is 4.58. The SMILES string of the molecule is COC(=O)c1ccc(C(=O)NC(=NCc2cccnc2)Nc2ccc3c(c2)OCO3)cc1. The number of aromatic nitrogens is 1. The van der Waals surface area contributed by atoms with Crippen molar-refractivity contribution in [1.82, 2.24) is 10.3 Å². The maximum absolute atomic E-state index is 12.8. The number of benzene rings is 2. The number of carbonyl (C=O) groups is 2. The van der Waals surface area contributed by atoms with Gasteiger partial charge in [-0.1, -0.05) is 6.07 Å². The molecule has 2 N–H and O–H groups in total. The summed E-state index contributed by atoms with van der Waals surface area (Å²) in [5.74, 6) is 0.639. The molecule has 9 heteroatoms. The van der Waals surface area contributed by atoms with Crippen LogP contribution in [0.3, 0.4) is 0 Å². The Bertz CT molecular complexity index is 1150. The van der Waals surface area contributed by atoms with Gasteiger partial charge in [0.25, 0.3) is 5.91 Å². The van der Waals surface area contributed by atoms with E-state index in [2.05, 4.69) is 25.3 Å². The van der Waals surface area contributed by atoms with E-state index in [0.29, 0.717) is 34.9 Å². The van der Waals surface area contributed by atoms with Crippen molar-refractivity contribution in [3.63, 3.8) is 0 Å². The summed E-state index contributed by atoms with van der Waals surface area (Å²) in [6.45, 7) is 0.474. The van der Waals surface area contributed by atoms with Gasteiger partial charge in [0.1, 0.15) is 0 Å². The van der Waals surface area contributed by atoms with Crippen LogP contribution in [0.1, 0.15) is 26.3 Å². The number of amides is 1. The highest BCUT2D eigenvalue weighted by Crippen LogP contribution is 2.34. The first-order valence-corrected chi connectivity index (χ1v) is 9.72. The highest BCUT2D eigenvalue weighted by molar-refractivity contribution is 6.10. The smallest absolute Gasteiger partial charge is 0.337 e. The summed E-state index contributed by atoms with van der Waals surface area (Å²) in [6, 6.07) is 15.2. The van der Waals surface area contributed by atoms with Gasteiger partial charge < -0.3 is 19.5 Å². The van der Waals surface area contributed by atoms with Gasteiger partial charge in [-0.05, 0) is 48.0 Å². The lowest BCUT2D eigenvalue weighted by Gasteiger charge is -2.12. The first-order chi connectivity index (χ1) is 15.6. The van der Waals surface area contributed by atoms with Crippen molar-refractivity contribution < 1.29 is 23.8 Å². The molecule has 0 bridgehead atoms. The molecule has 0 saturated heterocycles. The van der Waals surface area contributed by atoms with Crippen LogP contribution in [0.4, 0.5) is 5.69 Å². The molecule has 2 heterocycles. The predicted octanol–water partition coefficient (Wildman–Crippen LogP) is 3.00. The standard InChI is InChI=1S/C23H20N4O5/c1-30-22(29)17-6-4-16(5-7-17)21(28)27-23(25-13-15-3-2-10-24-12-15)26-18-8-9-19-20(11-18)32-14-31-19/h2-12H,13-14H2,1H3,(H2,25,26,27,28). The zero-order valence-corrected chi connectivity index (χ0v) is 17.2. The van der Waals surface area contributed by atoms with Crippen LogP contribution in [0.2, 0.25) is 0 Å². The van der Waals surface area contributed by atoms with Crippen molar-refractivity contribution in [3.8, 4) is 11.5 Å². The number of hydrogen-bond donors (Lipinski definition) is 2. The summed E-state index contributed by atoms with van der Waals surface area (Å²) in [7, 11) is 1.30. The Kier molecular flexibility index (Phi) is 6.26. The quantitative estimate of drug-likeness (QED) is 0.362. The molecule has 1 aromatic heterocycles. The number of carbonyl (C=O) groups excluding carboxylic acids is 2. The topological polar surface area (TPSA) is 111 Å². The highest BCUT2D eigenvalue weighted by Gasteiger charge is 2.15. The van der Waals surface area contributed by atoms with E-state index in [-0.39, 0.29) is 18.7 Å². The van der Waals surface area contributed by atoms with Crippen LogP contribution >= 0.6 is 0 Å². The number of anilines is 1. The van der Waals surface area contributed by atoms with Crippen molar-refractivity contribution in [3.05, 3.63) is 83.7 Å². The van der Waals surface area contributed by atoms with Crippen LogP contribution in [-0.4, -0.2) is 36.7 Å². The molecule has 162 valence electrons. The average molecular weight is 432 g/mol. The van der Waals surface area contributed by atoms with Gasteiger partial charge in [0.15, 0.2) is 11.5 Å². The molecule has 9 nitrogen and oxygen atoms in total. The lowest BCUT2D eigenvalue weighted by molar-refractivity contribution is 0.0600. The number of nitrogens with one attached hydrogen (secondary N) is 2. The third kappa shape index (κ3) is 5.01. The van der Waals surface area contributed by atoms with E-state index in [1.807, 2.05) is 12.1 Å². The molecular weight excluding hydrogens is 412 g/mol. The van der Waals surface area contributed by atoms with Gasteiger partial charge in [-0.3, -0.25) is 15.1 Å². The summed E-state index contributed by atoms with van der Waals surface area (Å²) in [5.41, 5.74) is 2.27. The fourth-order valence-corrected chi connectivity index (χ4v) is 2.94. The van der Waals surface area contributed by atoms with Gasteiger partial charge >= 0.3 is 5.97 Å². The molecule has 4 rings (SSSR count). The van der Waals surface area contributed by atoms with Gasteiger partial charge in [-0.2, -0.15) is 0 Å². The molecule has 0 aliphatic carbocycles. The zero-order chi connectivity index (χ0) is 22.3. The summed E-state index contributed by atoms with van der Waals surface area (Å²) in [6.07, 6.45) is 3.38. The maximum Gasteiger partial charge on any atom is 0.337 e. The Labute approximate surface area is 184 Å². The van der Waals surface area contributed by atoms with E-state index >= 15 is 0 Å². The van der Waals surface area contributed by atoms with Crippen molar-refractivity contribution in [2.24, 2.45) is 4.99 Å². The van der Waals surface area contributed by atoms with Crippen molar-refractivity contribution in [1.29, 1.82) is 0 Å². The Morgan fingerprint density at radius 3 is 2.59 bits per heavy atom. The van der Waals surface area contributed by atoms with Gasteiger partial charge in [0, 0.05) is 29.7 Å². The van der Waals surface area contributed by atoms with Gasteiger partial charge in [-0.15, -0.1) is 0 Å². The van der Waals surface area contributed by atoms with Gasteiger partial charge in [-0.25, -0.2) is 9.79 Å². The minimum absolute atomic E-state index is 0.166. The minimum atomic E-state index is -0.472. The molecule has 0 unspecified atom stereocenters. The van der Waals surface area contributed by atoms with E-state index in [1.54, 1.807) is 42.7 Å². The Balaban J connectivity index is 1.53. The molecule has 0 radical (unpaired) electrons. The van der Waals surface area contributed by atoms with E-state index < -0.39 is 5.97 Å². The predicted molar refractivity (Wildman–Crippen MR) is 117 cm³/mol. The second kappa shape index (κ2) is 9.61. The Morgan fingerprint density at radius 1 is 1.06 bits per heavy atom. The lowest BCUT2D eigenvalue weighted by Crippen LogP contribution is -2.36. The van der Waals surface area contributed by atoms with E-state index in [1.165, 1.54) is 19.2 Å². The zero-order valence-electron chi connectivity index (χ0n) is 17.2. The van der Waals surface area contributed by atoms with Crippen LogP contribution in [0.15, 0.2) is 72.0 Å². The third-order valence-electron chi connectivity index (χ3n) is 4.58. The van der Waals surface area contributed by atoms with Crippen LogP contribution < -0.4 is 20.1 Å². The van der Waals surface area contributed by atoms with Crippen LogP contribution in [-0.2, 0) is 11.3 Å². The summed E-state index contributed by atoms with van der Waals surface area (Å²) in [5, 5.41) is 5.88. The number of fused-ring (bicyclic) bond motifs is 1. The van der Waals surface area contributed by atoms with Crippen molar-refractivity contribution in [2.75, 3.05) is 19.2 Å². The fourth-order valence-electron chi connectivity index (χ4n) is 2.94. The lowest BCUT2D eigenvalue weighted by atomic mass is 10.1. The number of aliphatic imine (C=N–C) groups is 1. The maximum atomic E-state index is 12.8. The number of guanidine groups is 1. The fraction of sp³-hybridized carbons (Fsp3) is 0.130. The second-order valence-corrected chi connectivity index (χ2v) is 6.74. The summed E-state index contributed by atoms with van der Waals surface area (Å²) < 4.78 is 15.4. The van der Waals surface area contributed by atoms with Crippen LogP contribution in [0, 0.1) is 0 Å². The number of nitrogens with zero attached hydrogens (tertiary/aromatic N) is 2. The Hall–Kier alpha value is -4.40. The molecule has 1 amide bonds. The number of esters is 1.